The molecule has 2 rings (SSSR count). The van der Waals surface area contributed by atoms with Crippen LogP contribution < -0.4 is 20.7 Å². The van der Waals surface area contributed by atoms with Crippen LogP contribution >= 0.6 is 24.0 Å². The number of hydrogen-bond acceptors (Lipinski definition) is 4. The van der Waals surface area contributed by atoms with Crippen LogP contribution in [0.3, 0.4) is 0 Å². The fourth-order valence-electron chi connectivity index (χ4n) is 2.77. The first kappa shape index (κ1) is 26.7. The number of nitrogens with one attached hydrogen (secondary N) is 3. The maximum atomic E-state index is 11.8. The van der Waals surface area contributed by atoms with Gasteiger partial charge in [0.2, 0.25) is 5.91 Å². The highest BCUT2D eigenvalue weighted by molar-refractivity contribution is 14.0. The maximum Gasteiger partial charge on any atom is 0.224 e. The average molecular weight is 540 g/mol. The predicted octanol–water partition coefficient (Wildman–Crippen LogP) is 4.65. The minimum absolute atomic E-state index is 0. The predicted molar refractivity (Wildman–Crippen MR) is 138 cm³/mol. The fraction of sp³-hybridized carbons (Fsp3) is 0.391. The number of benzene rings is 2. The Labute approximate surface area is 202 Å². The molecule has 0 aliphatic carbocycles. The summed E-state index contributed by atoms with van der Waals surface area (Å²) in [5.41, 5.74) is 2.73. The molecule has 8 heteroatoms. The summed E-state index contributed by atoms with van der Waals surface area (Å²) in [6, 6.07) is 15.5. The quantitative estimate of drug-likeness (QED) is 0.167. The molecule has 0 atom stereocenters. The van der Waals surface area contributed by atoms with E-state index in [9.17, 15) is 4.79 Å². The van der Waals surface area contributed by atoms with E-state index >= 15 is 0 Å². The van der Waals surface area contributed by atoms with Gasteiger partial charge in [-0.25, -0.2) is 0 Å². The second-order valence-corrected chi connectivity index (χ2v) is 6.77. The lowest BCUT2D eigenvalue weighted by molar-refractivity contribution is -0.116. The third kappa shape index (κ3) is 10.5. The summed E-state index contributed by atoms with van der Waals surface area (Å²) in [6.07, 6.45) is 2.19. The number of guanidine groups is 1. The van der Waals surface area contributed by atoms with E-state index in [4.69, 9.17) is 9.47 Å². The van der Waals surface area contributed by atoms with Crippen LogP contribution in [0.25, 0.3) is 0 Å². The molecule has 0 radical (unpaired) electrons. The zero-order valence-corrected chi connectivity index (χ0v) is 20.8. The Hall–Kier alpha value is -2.33. The summed E-state index contributed by atoms with van der Waals surface area (Å²) in [6.45, 7) is 3.85. The molecule has 31 heavy (non-hydrogen) atoms. The molecule has 0 heterocycles. The van der Waals surface area contributed by atoms with Gasteiger partial charge in [0.15, 0.2) is 5.96 Å². The summed E-state index contributed by atoms with van der Waals surface area (Å²) in [7, 11) is 3.41. The smallest absolute Gasteiger partial charge is 0.224 e. The molecule has 0 saturated carbocycles. The van der Waals surface area contributed by atoms with E-state index in [1.807, 2.05) is 55.5 Å². The minimum Gasteiger partial charge on any atom is -0.493 e. The number of carbonyl (C=O) groups is 1. The van der Waals surface area contributed by atoms with Gasteiger partial charge in [-0.1, -0.05) is 25.1 Å². The lowest BCUT2D eigenvalue weighted by Gasteiger charge is -2.14. The first-order valence-corrected chi connectivity index (χ1v) is 10.2. The summed E-state index contributed by atoms with van der Waals surface area (Å²) in [4.78, 5) is 16.1. The molecule has 0 aliphatic rings. The number of carbonyl (C=O) groups excluding carboxylic acids is 1. The van der Waals surface area contributed by atoms with Gasteiger partial charge in [-0.3, -0.25) is 9.79 Å². The fourth-order valence-corrected chi connectivity index (χ4v) is 2.77. The Balaban J connectivity index is 0.00000480. The molecular weight excluding hydrogens is 507 g/mol. The van der Waals surface area contributed by atoms with Crippen LogP contribution in [0, 0.1) is 0 Å². The molecule has 7 nitrogen and oxygen atoms in total. The number of methoxy groups -OCH3 is 1. The summed E-state index contributed by atoms with van der Waals surface area (Å²) in [5.74, 6) is 1.47. The van der Waals surface area contributed by atoms with Crippen molar-refractivity contribution in [2.45, 2.75) is 32.7 Å². The van der Waals surface area contributed by atoms with Crippen LogP contribution in [-0.2, 0) is 16.1 Å². The summed E-state index contributed by atoms with van der Waals surface area (Å²) < 4.78 is 10.8. The first-order valence-electron chi connectivity index (χ1n) is 10.2. The summed E-state index contributed by atoms with van der Waals surface area (Å²) >= 11 is 0. The van der Waals surface area contributed by atoms with Crippen LogP contribution in [0.2, 0.25) is 0 Å². The highest BCUT2D eigenvalue weighted by atomic mass is 127. The van der Waals surface area contributed by atoms with Gasteiger partial charge in [0.05, 0.1) is 6.61 Å². The van der Waals surface area contributed by atoms with E-state index in [0.29, 0.717) is 32.1 Å². The van der Waals surface area contributed by atoms with E-state index in [1.54, 1.807) is 14.2 Å². The Bertz CT molecular complexity index is 830. The number of aliphatic imine (C=N–C) groups is 1. The minimum atomic E-state index is 0. The molecule has 170 valence electrons. The summed E-state index contributed by atoms with van der Waals surface area (Å²) in [5, 5.41) is 9.48. The molecule has 0 aliphatic heterocycles. The topological polar surface area (TPSA) is 84.0 Å². The molecule has 2 aromatic rings. The van der Waals surface area contributed by atoms with Gasteiger partial charge in [-0.2, -0.15) is 0 Å². The van der Waals surface area contributed by atoms with E-state index in [1.165, 1.54) is 0 Å². The standard InChI is InChI=1S/C23H32N4O3.HI/c1-4-8-22(28)26-19-10-5-9-18(15-19)17-25-23(24-2)27-20-11-6-12-21(16-20)30-14-7-13-29-3;/h5-6,9-12,15-16H,4,7-8,13-14,17H2,1-3H3,(H,26,28)(H2,24,25,27);1H. The molecule has 1 amide bonds. The maximum absolute atomic E-state index is 11.8. The Kier molecular flexibility index (Phi) is 13.3. The van der Waals surface area contributed by atoms with Gasteiger partial charge < -0.3 is 25.4 Å². The van der Waals surface area contributed by atoms with Crippen molar-refractivity contribution in [3.63, 3.8) is 0 Å². The van der Waals surface area contributed by atoms with Crippen molar-refractivity contribution in [1.29, 1.82) is 0 Å². The SMILES string of the molecule is CCCC(=O)Nc1cccc(CNC(=NC)Nc2cccc(OCCCOC)c2)c1.I. The van der Waals surface area contributed by atoms with E-state index in [-0.39, 0.29) is 29.9 Å². The second-order valence-electron chi connectivity index (χ2n) is 6.77. The Morgan fingerprint density at radius 3 is 2.48 bits per heavy atom. The van der Waals surface area contributed by atoms with Gasteiger partial charge >= 0.3 is 0 Å². The number of rotatable bonds is 11. The monoisotopic (exact) mass is 540 g/mol. The first-order chi connectivity index (χ1) is 14.6. The van der Waals surface area contributed by atoms with Crippen molar-refractivity contribution in [3.05, 3.63) is 54.1 Å². The van der Waals surface area contributed by atoms with Gasteiger partial charge in [0.1, 0.15) is 5.75 Å². The van der Waals surface area contributed by atoms with Crippen molar-refractivity contribution in [2.24, 2.45) is 4.99 Å². The van der Waals surface area contributed by atoms with Crippen molar-refractivity contribution < 1.29 is 14.3 Å². The molecule has 0 fully saturated rings. The van der Waals surface area contributed by atoms with Gasteiger partial charge in [0.25, 0.3) is 0 Å². The molecule has 0 bridgehead atoms. The molecule has 0 unspecified atom stereocenters. The number of nitrogens with zero attached hydrogens (tertiary/aromatic N) is 1. The third-order valence-electron chi connectivity index (χ3n) is 4.23. The van der Waals surface area contributed by atoms with E-state index in [2.05, 4.69) is 20.9 Å². The number of halogens is 1. The van der Waals surface area contributed by atoms with E-state index in [0.717, 1.165) is 35.5 Å². The highest BCUT2D eigenvalue weighted by Crippen LogP contribution is 2.17. The number of anilines is 2. The van der Waals surface area contributed by atoms with Crippen LogP contribution in [0.5, 0.6) is 5.75 Å². The van der Waals surface area contributed by atoms with Crippen molar-refractivity contribution in [3.8, 4) is 5.75 Å². The molecule has 3 N–H and O–H groups in total. The lowest BCUT2D eigenvalue weighted by atomic mass is 10.2. The van der Waals surface area contributed by atoms with Crippen LogP contribution in [0.4, 0.5) is 11.4 Å². The Morgan fingerprint density at radius 1 is 1.03 bits per heavy atom. The lowest BCUT2D eigenvalue weighted by Crippen LogP contribution is -2.30. The Morgan fingerprint density at radius 2 is 1.77 bits per heavy atom. The number of hydrogen-bond donors (Lipinski definition) is 3. The van der Waals surface area contributed by atoms with Crippen LogP contribution in [0.15, 0.2) is 53.5 Å². The molecule has 0 saturated heterocycles. The van der Waals surface area contributed by atoms with Crippen molar-refractivity contribution in [2.75, 3.05) is 38.0 Å². The number of ether oxygens (including phenoxy) is 2. The largest absolute Gasteiger partial charge is 0.493 e. The zero-order chi connectivity index (χ0) is 21.6. The molecule has 0 spiro atoms. The van der Waals surface area contributed by atoms with Crippen LogP contribution in [-0.4, -0.2) is 39.2 Å². The van der Waals surface area contributed by atoms with E-state index < -0.39 is 0 Å². The normalized spacial score (nSPS) is 10.7. The average Bonchev–Trinajstić information content (AvgIpc) is 2.75. The van der Waals surface area contributed by atoms with Gasteiger partial charge in [-0.05, 0) is 36.2 Å². The second kappa shape index (κ2) is 15.5. The zero-order valence-electron chi connectivity index (χ0n) is 18.4. The van der Waals surface area contributed by atoms with Gasteiger partial charge in [0, 0.05) is 57.6 Å². The molecule has 0 aromatic heterocycles. The third-order valence-corrected chi connectivity index (χ3v) is 4.23. The van der Waals surface area contributed by atoms with Gasteiger partial charge in [-0.15, -0.1) is 24.0 Å². The van der Waals surface area contributed by atoms with Crippen LogP contribution in [0.1, 0.15) is 31.7 Å². The number of amides is 1. The molecular formula is C23H33IN4O3. The molecule has 2 aromatic carbocycles. The van der Waals surface area contributed by atoms with Crippen molar-refractivity contribution >= 4 is 47.2 Å². The van der Waals surface area contributed by atoms with Crippen molar-refractivity contribution in [1.82, 2.24) is 5.32 Å². The highest BCUT2D eigenvalue weighted by Gasteiger charge is 2.04.